The van der Waals surface area contributed by atoms with Crippen molar-refractivity contribution >= 4 is 5.97 Å². The Hall–Kier alpha value is -0.910. The Morgan fingerprint density at radius 2 is 2.15 bits per heavy atom. The first-order valence-electron chi connectivity index (χ1n) is 7.30. The van der Waals surface area contributed by atoms with Crippen LogP contribution in [0.15, 0.2) is 12.2 Å². The van der Waals surface area contributed by atoms with E-state index in [0.29, 0.717) is 12.2 Å². The van der Waals surface area contributed by atoms with Crippen LogP contribution >= 0.6 is 0 Å². The Morgan fingerprint density at radius 3 is 2.80 bits per heavy atom. The van der Waals surface area contributed by atoms with E-state index in [-0.39, 0.29) is 23.9 Å². The zero-order valence-corrected chi connectivity index (χ0v) is 11.5. The summed E-state index contributed by atoms with van der Waals surface area (Å²) in [5, 5.41) is 21.2. The molecular formula is C15H20O5. The van der Waals surface area contributed by atoms with Gasteiger partial charge < -0.3 is 19.7 Å². The molecule has 0 radical (unpaired) electrons. The van der Waals surface area contributed by atoms with E-state index in [1.54, 1.807) is 6.92 Å². The molecule has 7 atom stereocenters. The van der Waals surface area contributed by atoms with Crippen molar-refractivity contribution in [3.63, 3.8) is 0 Å². The molecule has 0 amide bonds. The lowest BCUT2D eigenvalue weighted by Gasteiger charge is -2.34. The third kappa shape index (κ3) is 1.46. The predicted molar refractivity (Wildman–Crippen MR) is 68.7 cm³/mol. The monoisotopic (exact) mass is 280 g/mol. The summed E-state index contributed by atoms with van der Waals surface area (Å²) in [6.45, 7) is 6.22. The number of ether oxygens (including phenoxy) is 2. The largest absolute Gasteiger partial charge is 0.458 e. The van der Waals surface area contributed by atoms with Crippen LogP contribution in [0.2, 0.25) is 0 Å². The van der Waals surface area contributed by atoms with Gasteiger partial charge in [0.2, 0.25) is 0 Å². The van der Waals surface area contributed by atoms with Gasteiger partial charge in [-0.25, -0.2) is 4.79 Å². The Kier molecular flexibility index (Phi) is 2.33. The molecular weight excluding hydrogens is 260 g/mol. The van der Waals surface area contributed by atoms with Gasteiger partial charge in [-0.2, -0.15) is 0 Å². The number of fused-ring (bicyclic) bond motifs is 4. The van der Waals surface area contributed by atoms with Crippen molar-refractivity contribution in [2.45, 2.75) is 49.6 Å². The molecule has 2 saturated heterocycles. The van der Waals surface area contributed by atoms with E-state index in [1.807, 2.05) is 0 Å². The molecule has 110 valence electrons. The Balaban J connectivity index is 1.81. The highest BCUT2D eigenvalue weighted by atomic mass is 16.6. The maximum atomic E-state index is 11.8. The molecule has 2 saturated carbocycles. The molecule has 2 heterocycles. The van der Waals surface area contributed by atoms with Crippen LogP contribution in [0.1, 0.15) is 26.2 Å². The van der Waals surface area contributed by atoms with Crippen LogP contribution < -0.4 is 0 Å². The highest BCUT2D eigenvalue weighted by Gasteiger charge is 2.69. The third-order valence-electron chi connectivity index (χ3n) is 5.89. The molecule has 4 aliphatic rings. The molecule has 20 heavy (non-hydrogen) atoms. The second-order valence-corrected chi connectivity index (χ2v) is 7.07. The van der Waals surface area contributed by atoms with Crippen molar-refractivity contribution in [1.82, 2.24) is 0 Å². The SMILES string of the molecule is C=C1C(=O)OC2C1C(O)CC(C)(O)C1CCC3(CO3)C21. The first kappa shape index (κ1) is 12.8. The van der Waals surface area contributed by atoms with Crippen molar-refractivity contribution < 1.29 is 24.5 Å². The van der Waals surface area contributed by atoms with E-state index in [2.05, 4.69) is 6.58 Å². The molecule has 0 aromatic heterocycles. The van der Waals surface area contributed by atoms with Crippen LogP contribution in [0.5, 0.6) is 0 Å². The zero-order chi connectivity index (χ0) is 14.3. The molecule has 0 bridgehead atoms. The minimum atomic E-state index is -0.962. The van der Waals surface area contributed by atoms with Crippen LogP contribution in [-0.4, -0.2) is 46.2 Å². The van der Waals surface area contributed by atoms with Crippen molar-refractivity contribution in [2.24, 2.45) is 17.8 Å². The van der Waals surface area contributed by atoms with Crippen molar-refractivity contribution in [1.29, 1.82) is 0 Å². The number of hydrogen-bond donors (Lipinski definition) is 2. The number of aliphatic hydroxyl groups is 2. The second-order valence-electron chi connectivity index (χ2n) is 7.07. The summed E-state index contributed by atoms with van der Waals surface area (Å²) < 4.78 is 11.2. The normalized spacial score (nSPS) is 57.2. The van der Waals surface area contributed by atoms with Crippen LogP contribution in [0.25, 0.3) is 0 Å². The minimum absolute atomic E-state index is 0.00616. The average molecular weight is 280 g/mol. The summed E-state index contributed by atoms with van der Waals surface area (Å²) in [5.74, 6) is -0.874. The fourth-order valence-corrected chi connectivity index (χ4v) is 4.82. The maximum absolute atomic E-state index is 11.8. The van der Waals surface area contributed by atoms with Crippen LogP contribution in [0.3, 0.4) is 0 Å². The van der Waals surface area contributed by atoms with E-state index >= 15 is 0 Å². The molecule has 4 rings (SSSR count). The molecule has 4 fully saturated rings. The van der Waals surface area contributed by atoms with Gasteiger partial charge >= 0.3 is 5.97 Å². The smallest absolute Gasteiger partial charge is 0.334 e. The number of aliphatic hydroxyl groups excluding tert-OH is 1. The van der Waals surface area contributed by atoms with Crippen molar-refractivity contribution in [3.8, 4) is 0 Å². The van der Waals surface area contributed by atoms with Gasteiger partial charge in [-0.3, -0.25) is 0 Å². The number of esters is 1. The first-order valence-corrected chi connectivity index (χ1v) is 7.30. The summed E-state index contributed by atoms with van der Waals surface area (Å²) in [7, 11) is 0. The van der Waals surface area contributed by atoms with Gasteiger partial charge in [-0.1, -0.05) is 6.58 Å². The molecule has 5 heteroatoms. The molecule has 7 unspecified atom stereocenters. The van der Waals surface area contributed by atoms with Gasteiger partial charge in [0, 0.05) is 17.9 Å². The summed E-state index contributed by atoms with van der Waals surface area (Å²) >= 11 is 0. The summed E-state index contributed by atoms with van der Waals surface area (Å²) in [6, 6.07) is 0. The van der Waals surface area contributed by atoms with Gasteiger partial charge in [0.25, 0.3) is 0 Å². The Bertz CT molecular complexity index is 492. The van der Waals surface area contributed by atoms with E-state index in [0.717, 1.165) is 12.8 Å². The van der Waals surface area contributed by atoms with Crippen LogP contribution in [0.4, 0.5) is 0 Å². The van der Waals surface area contributed by atoms with Gasteiger partial charge in [0.1, 0.15) is 6.10 Å². The first-order chi connectivity index (χ1) is 9.36. The lowest BCUT2D eigenvalue weighted by Crippen LogP contribution is -2.43. The fourth-order valence-electron chi connectivity index (χ4n) is 4.82. The lowest BCUT2D eigenvalue weighted by molar-refractivity contribution is -0.144. The third-order valence-corrected chi connectivity index (χ3v) is 5.89. The maximum Gasteiger partial charge on any atom is 0.334 e. The van der Waals surface area contributed by atoms with E-state index < -0.39 is 29.7 Å². The molecule has 2 aliphatic carbocycles. The van der Waals surface area contributed by atoms with E-state index in [9.17, 15) is 15.0 Å². The van der Waals surface area contributed by atoms with Gasteiger partial charge in [-0.15, -0.1) is 0 Å². The van der Waals surface area contributed by atoms with Gasteiger partial charge in [0.15, 0.2) is 0 Å². The van der Waals surface area contributed by atoms with Gasteiger partial charge in [-0.05, 0) is 25.7 Å². The summed E-state index contributed by atoms with van der Waals surface area (Å²) in [6.07, 6.45) is 0.782. The number of rotatable bonds is 0. The lowest BCUT2D eigenvalue weighted by atomic mass is 9.76. The van der Waals surface area contributed by atoms with E-state index in [4.69, 9.17) is 9.47 Å². The van der Waals surface area contributed by atoms with Gasteiger partial charge in [0.05, 0.1) is 29.8 Å². The summed E-state index contributed by atoms with van der Waals surface area (Å²) in [4.78, 5) is 11.8. The van der Waals surface area contributed by atoms with Crippen LogP contribution in [-0.2, 0) is 14.3 Å². The van der Waals surface area contributed by atoms with Crippen LogP contribution in [0, 0.1) is 17.8 Å². The predicted octanol–water partition coefficient (Wildman–Crippen LogP) is 0.395. The molecule has 0 aromatic rings. The summed E-state index contributed by atoms with van der Waals surface area (Å²) in [5.41, 5.74) is -0.884. The molecule has 0 aromatic carbocycles. The van der Waals surface area contributed by atoms with Crippen molar-refractivity contribution in [3.05, 3.63) is 12.2 Å². The number of hydrogen-bond acceptors (Lipinski definition) is 5. The van der Waals surface area contributed by atoms with E-state index in [1.165, 1.54) is 0 Å². The average Bonchev–Trinajstić information content (AvgIpc) is 2.92. The zero-order valence-electron chi connectivity index (χ0n) is 11.5. The quantitative estimate of drug-likeness (QED) is 0.381. The molecule has 5 nitrogen and oxygen atoms in total. The second kappa shape index (κ2) is 3.64. The Labute approximate surface area is 117 Å². The Morgan fingerprint density at radius 1 is 1.45 bits per heavy atom. The van der Waals surface area contributed by atoms with Crippen molar-refractivity contribution in [2.75, 3.05) is 6.61 Å². The highest BCUT2D eigenvalue weighted by molar-refractivity contribution is 5.91. The fraction of sp³-hybridized carbons (Fsp3) is 0.800. The number of epoxide rings is 1. The highest BCUT2D eigenvalue weighted by Crippen LogP contribution is 2.60. The number of carbonyl (C=O) groups excluding carboxylic acids is 1. The minimum Gasteiger partial charge on any atom is -0.458 e. The topological polar surface area (TPSA) is 79.3 Å². The molecule has 2 aliphatic heterocycles. The standard InChI is InChI=1S/C15H20O5/c1-7-10-9(16)5-14(2,18)8-3-4-15(6-19-15)11(8)12(10)20-13(7)17/h8-12,16,18H,1,3-6H2,2H3. The number of carbonyl (C=O) groups is 1. The molecule has 2 N–H and O–H groups in total. The molecule has 1 spiro atoms.